The first kappa shape index (κ1) is 17.9. The van der Waals surface area contributed by atoms with E-state index in [-0.39, 0.29) is 33.6 Å². The number of rotatable bonds is 5. The second kappa shape index (κ2) is 7.13. The highest BCUT2D eigenvalue weighted by molar-refractivity contribution is 7.89. The number of benzene rings is 2. The molecule has 0 saturated carbocycles. The number of para-hydroxylation sites is 1. The van der Waals surface area contributed by atoms with Gasteiger partial charge < -0.3 is 0 Å². The number of aromatic nitrogens is 2. The molecular formula is C16H13Cl2N3O3S. The van der Waals surface area contributed by atoms with Crippen molar-refractivity contribution < 1.29 is 8.42 Å². The van der Waals surface area contributed by atoms with E-state index in [0.717, 1.165) is 0 Å². The van der Waals surface area contributed by atoms with E-state index in [2.05, 4.69) is 9.71 Å². The van der Waals surface area contributed by atoms with E-state index in [0.29, 0.717) is 10.9 Å². The van der Waals surface area contributed by atoms with Gasteiger partial charge in [-0.1, -0.05) is 35.3 Å². The summed E-state index contributed by atoms with van der Waals surface area (Å²) < 4.78 is 28.4. The van der Waals surface area contributed by atoms with Crippen LogP contribution in [0.25, 0.3) is 10.9 Å². The molecule has 6 nitrogen and oxygen atoms in total. The van der Waals surface area contributed by atoms with Gasteiger partial charge in [-0.05, 0) is 30.3 Å². The van der Waals surface area contributed by atoms with Crippen LogP contribution in [-0.4, -0.2) is 24.5 Å². The van der Waals surface area contributed by atoms with Crippen LogP contribution in [0.15, 0.2) is 58.5 Å². The molecule has 0 atom stereocenters. The van der Waals surface area contributed by atoms with Crippen LogP contribution in [0.4, 0.5) is 0 Å². The molecule has 130 valence electrons. The summed E-state index contributed by atoms with van der Waals surface area (Å²) in [6.07, 6.45) is 1.39. The molecule has 25 heavy (non-hydrogen) atoms. The fraction of sp³-hybridized carbons (Fsp3) is 0.125. The van der Waals surface area contributed by atoms with Crippen LogP contribution in [0.5, 0.6) is 0 Å². The Balaban J connectivity index is 1.78. The SMILES string of the molecule is O=c1c2ccccc2ncn1CCNS(=O)(=O)c1cc(Cl)ccc1Cl. The molecule has 0 unspecified atom stereocenters. The second-order valence-electron chi connectivity index (χ2n) is 5.23. The minimum absolute atomic E-state index is 0.00506. The quantitative estimate of drug-likeness (QED) is 0.717. The fourth-order valence-corrected chi connectivity index (χ4v) is 4.11. The third kappa shape index (κ3) is 3.85. The number of nitrogens with zero attached hydrogens (tertiary/aromatic N) is 2. The van der Waals surface area contributed by atoms with Gasteiger partial charge in [0.25, 0.3) is 5.56 Å². The van der Waals surface area contributed by atoms with E-state index in [1.165, 1.54) is 29.1 Å². The minimum Gasteiger partial charge on any atom is -0.297 e. The standard InChI is InChI=1S/C16H13Cl2N3O3S/c17-11-5-6-13(18)15(9-11)25(23,24)20-7-8-21-10-19-14-4-2-1-3-12(14)16(21)22/h1-6,9-10,20H,7-8H2. The molecule has 3 aromatic rings. The van der Waals surface area contributed by atoms with E-state index in [9.17, 15) is 13.2 Å². The van der Waals surface area contributed by atoms with Gasteiger partial charge in [0.05, 0.1) is 22.3 Å². The summed E-state index contributed by atoms with van der Waals surface area (Å²) in [5.41, 5.74) is 0.362. The largest absolute Gasteiger partial charge is 0.297 e. The molecule has 0 amide bonds. The van der Waals surface area contributed by atoms with Gasteiger partial charge in [0.2, 0.25) is 10.0 Å². The Bertz CT molecular complexity index is 1100. The summed E-state index contributed by atoms with van der Waals surface area (Å²) in [5.74, 6) is 0. The van der Waals surface area contributed by atoms with E-state index in [4.69, 9.17) is 23.2 Å². The van der Waals surface area contributed by atoms with Crippen molar-refractivity contribution in [1.82, 2.24) is 14.3 Å². The van der Waals surface area contributed by atoms with Gasteiger partial charge in [-0.3, -0.25) is 9.36 Å². The fourth-order valence-electron chi connectivity index (χ4n) is 2.33. The van der Waals surface area contributed by atoms with E-state index < -0.39 is 10.0 Å². The van der Waals surface area contributed by atoms with Crippen LogP contribution in [0.2, 0.25) is 10.0 Å². The highest BCUT2D eigenvalue weighted by atomic mass is 35.5. The summed E-state index contributed by atoms with van der Waals surface area (Å²) in [5, 5.41) is 0.812. The molecule has 0 aliphatic heterocycles. The number of hydrogen-bond acceptors (Lipinski definition) is 4. The van der Waals surface area contributed by atoms with Crippen LogP contribution >= 0.6 is 23.2 Å². The zero-order chi connectivity index (χ0) is 18.0. The Morgan fingerprint density at radius 2 is 1.88 bits per heavy atom. The summed E-state index contributed by atoms with van der Waals surface area (Å²) in [7, 11) is -3.84. The van der Waals surface area contributed by atoms with Crippen molar-refractivity contribution in [3.05, 3.63) is 69.2 Å². The normalized spacial score (nSPS) is 11.8. The first-order valence-electron chi connectivity index (χ1n) is 7.27. The first-order valence-corrected chi connectivity index (χ1v) is 9.51. The van der Waals surface area contributed by atoms with Crippen LogP contribution in [0.1, 0.15) is 0 Å². The zero-order valence-electron chi connectivity index (χ0n) is 12.8. The Kier molecular flexibility index (Phi) is 5.10. The lowest BCUT2D eigenvalue weighted by atomic mass is 10.2. The zero-order valence-corrected chi connectivity index (χ0v) is 15.1. The van der Waals surface area contributed by atoms with Gasteiger partial charge in [0.15, 0.2) is 0 Å². The summed E-state index contributed by atoms with van der Waals surface area (Å²) >= 11 is 11.7. The van der Waals surface area contributed by atoms with Gasteiger partial charge in [0.1, 0.15) is 4.90 Å². The molecule has 9 heteroatoms. The Hall–Kier alpha value is -1.93. The lowest BCUT2D eigenvalue weighted by Gasteiger charge is -2.10. The second-order valence-corrected chi connectivity index (χ2v) is 7.81. The van der Waals surface area contributed by atoms with Crippen molar-refractivity contribution in [3.63, 3.8) is 0 Å². The smallest absolute Gasteiger partial charge is 0.261 e. The highest BCUT2D eigenvalue weighted by Gasteiger charge is 2.18. The molecular weight excluding hydrogens is 385 g/mol. The number of hydrogen-bond donors (Lipinski definition) is 1. The first-order chi connectivity index (χ1) is 11.9. The predicted molar refractivity (Wildman–Crippen MR) is 97.7 cm³/mol. The van der Waals surface area contributed by atoms with Gasteiger partial charge >= 0.3 is 0 Å². The summed E-state index contributed by atoms with van der Waals surface area (Å²) in [6.45, 7) is 0.138. The summed E-state index contributed by atoms with van der Waals surface area (Å²) in [4.78, 5) is 16.4. The van der Waals surface area contributed by atoms with Crippen LogP contribution in [0, 0.1) is 0 Å². The van der Waals surface area contributed by atoms with Gasteiger partial charge in [0, 0.05) is 18.1 Å². The van der Waals surface area contributed by atoms with Crippen LogP contribution in [-0.2, 0) is 16.6 Å². The monoisotopic (exact) mass is 397 g/mol. The average Bonchev–Trinajstić information content (AvgIpc) is 2.59. The molecule has 2 aromatic carbocycles. The molecule has 0 spiro atoms. The maximum atomic E-state index is 12.4. The van der Waals surface area contributed by atoms with Crippen molar-refractivity contribution >= 4 is 44.1 Å². The Labute approximate surface area is 154 Å². The highest BCUT2D eigenvalue weighted by Crippen LogP contribution is 2.24. The molecule has 1 heterocycles. The molecule has 0 radical (unpaired) electrons. The van der Waals surface area contributed by atoms with E-state index >= 15 is 0 Å². The molecule has 1 N–H and O–H groups in total. The van der Waals surface area contributed by atoms with Crippen LogP contribution < -0.4 is 10.3 Å². The predicted octanol–water partition coefficient (Wildman–Crippen LogP) is 2.68. The lowest BCUT2D eigenvalue weighted by Crippen LogP contribution is -2.31. The molecule has 0 saturated heterocycles. The average molecular weight is 398 g/mol. The lowest BCUT2D eigenvalue weighted by molar-refractivity contribution is 0.569. The van der Waals surface area contributed by atoms with E-state index in [1.807, 2.05) is 0 Å². The third-order valence-electron chi connectivity index (χ3n) is 3.56. The van der Waals surface area contributed by atoms with Crippen molar-refractivity contribution in [1.29, 1.82) is 0 Å². The molecule has 1 aromatic heterocycles. The van der Waals surface area contributed by atoms with Crippen molar-refractivity contribution in [2.45, 2.75) is 11.4 Å². The molecule has 3 rings (SSSR count). The maximum absolute atomic E-state index is 12.4. The molecule has 0 fully saturated rings. The van der Waals surface area contributed by atoms with Gasteiger partial charge in [-0.15, -0.1) is 0 Å². The van der Waals surface area contributed by atoms with Crippen molar-refractivity contribution in [2.24, 2.45) is 0 Å². The maximum Gasteiger partial charge on any atom is 0.261 e. The number of sulfonamides is 1. The summed E-state index contributed by atoms with van der Waals surface area (Å²) in [6, 6.07) is 11.2. The number of nitrogens with one attached hydrogen (secondary N) is 1. The molecule has 0 aliphatic rings. The molecule has 0 aliphatic carbocycles. The van der Waals surface area contributed by atoms with Gasteiger partial charge in [-0.2, -0.15) is 0 Å². The Morgan fingerprint density at radius 3 is 2.68 bits per heavy atom. The Morgan fingerprint density at radius 1 is 1.12 bits per heavy atom. The number of halogens is 2. The van der Waals surface area contributed by atoms with E-state index in [1.54, 1.807) is 24.3 Å². The molecule has 0 bridgehead atoms. The van der Waals surface area contributed by atoms with Gasteiger partial charge in [-0.25, -0.2) is 18.1 Å². The third-order valence-corrected chi connectivity index (χ3v) is 5.74. The van der Waals surface area contributed by atoms with Crippen molar-refractivity contribution in [3.8, 4) is 0 Å². The number of fused-ring (bicyclic) bond motifs is 1. The van der Waals surface area contributed by atoms with Crippen LogP contribution in [0.3, 0.4) is 0 Å². The minimum atomic E-state index is -3.84. The topological polar surface area (TPSA) is 81.1 Å². The van der Waals surface area contributed by atoms with Crippen molar-refractivity contribution in [2.75, 3.05) is 6.54 Å².